The van der Waals surface area contributed by atoms with Crippen molar-refractivity contribution < 1.29 is 14.5 Å². The predicted octanol–water partition coefficient (Wildman–Crippen LogP) is 3.95. The average molecular weight is 339 g/mol. The molecule has 3 rings (SSSR count). The first kappa shape index (κ1) is 16.5. The summed E-state index contributed by atoms with van der Waals surface area (Å²) in [5.41, 5.74) is 3.54. The van der Waals surface area contributed by atoms with Crippen LogP contribution < -0.4 is 10.1 Å². The van der Waals surface area contributed by atoms with Crippen molar-refractivity contribution in [2.24, 2.45) is 0 Å². The Labute approximate surface area is 143 Å². The molecule has 0 bridgehead atoms. The lowest BCUT2D eigenvalue weighted by Gasteiger charge is -2.09. The van der Waals surface area contributed by atoms with Gasteiger partial charge in [-0.05, 0) is 37.6 Å². The van der Waals surface area contributed by atoms with Crippen molar-refractivity contribution >= 4 is 28.2 Å². The van der Waals surface area contributed by atoms with Crippen LogP contribution in [0.3, 0.4) is 0 Å². The van der Waals surface area contributed by atoms with Crippen LogP contribution in [-0.2, 0) is 0 Å². The van der Waals surface area contributed by atoms with Gasteiger partial charge in [-0.25, -0.2) is 0 Å². The molecule has 3 aromatic rings. The Morgan fingerprint density at radius 2 is 1.96 bits per heavy atom. The highest BCUT2D eigenvalue weighted by molar-refractivity contribution is 6.08. The number of fused-ring (bicyclic) bond motifs is 1. The summed E-state index contributed by atoms with van der Waals surface area (Å²) < 4.78 is 5.15. The minimum atomic E-state index is -0.516. The quantitative estimate of drug-likeness (QED) is 0.555. The fourth-order valence-electron chi connectivity index (χ4n) is 2.75. The number of nitro groups is 1. The van der Waals surface area contributed by atoms with E-state index in [2.05, 4.69) is 10.3 Å². The summed E-state index contributed by atoms with van der Waals surface area (Å²) in [5, 5.41) is 14.6. The van der Waals surface area contributed by atoms with Crippen LogP contribution in [0.25, 0.3) is 10.9 Å². The first-order valence-electron chi connectivity index (χ1n) is 7.63. The van der Waals surface area contributed by atoms with Crippen LogP contribution in [0.4, 0.5) is 11.4 Å². The highest BCUT2D eigenvalue weighted by Gasteiger charge is 2.18. The maximum atomic E-state index is 12.6. The Kier molecular flexibility index (Phi) is 4.14. The number of anilines is 1. The fraction of sp³-hybridized carbons (Fsp3) is 0.167. The number of rotatable bonds is 4. The summed E-state index contributed by atoms with van der Waals surface area (Å²) in [4.78, 5) is 26.1. The summed E-state index contributed by atoms with van der Waals surface area (Å²) >= 11 is 0. The number of ether oxygens (including phenoxy) is 1. The van der Waals surface area contributed by atoms with Gasteiger partial charge in [-0.2, -0.15) is 0 Å². The lowest BCUT2D eigenvalue weighted by atomic mass is 10.1. The molecule has 0 atom stereocenters. The highest BCUT2D eigenvalue weighted by Crippen LogP contribution is 2.30. The number of aryl methyl sites for hydroxylation is 2. The van der Waals surface area contributed by atoms with E-state index in [1.54, 1.807) is 0 Å². The van der Waals surface area contributed by atoms with Crippen LogP contribution in [0.5, 0.6) is 5.75 Å². The Hall–Kier alpha value is -3.35. The van der Waals surface area contributed by atoms with E-state index in [9.17, 15) is 14.9 Å². The molecule has 1 amide bonds. The van der Waals surface area contributed by atoms with E-state index in [0.29, 0.717) is 11.4 Å². The number of carbonyl (C=O) groups is 1. The Bertz CT molecular complexity index is 991. The molecule has 25 heavy (non-hydrogen) atoms. The smallest absolute Gasteiger partial charge is 0.273 e. The number of nitrogens with one attached hydrogen (secondary N) is 2. The molecule has 0 radical (unpaired) electrons. The van der Waals surface area contributed by atoms with Crippen molar-refractivity contribution in [3.8, 4) is 5.75 Å². The van der Waals surface area contributed by atoms with E-state index in [0.717, 1.165) is 22.0 Å². The molecule has 0 saturated heterocycles. The van der Waals surface area contributed by atoms with Gasteiger partial charge in [-0.15, -0.1) is 0 Å². The van der Waals surface area contributed by atoms with Crippen molar-refractivity contribution in [2.75, 3.05) is 12.4 Å². The Morgan fingerprint density at radius 3 is 2.64 bits per heavy atom. The Morgan fingerprint density at radius 1 is 1.20 bits per heavy atom. The maximum absolute atomic E-state index is 12.6. The third-order valence-electron chi connectivity index (χ3n) is 4.08. The molecule has 7 heteroatoms. The van der Waals surface area contributed by atoms with Gasteiger partial charge in [0, 0.05) is 17.0 Å². The second-order valence-electron chi connectivity index (χ2n) is 5.77. The van der Waals surface area contributed by atoms with E-state index >= 15 is 0 Å². The molecular weight excluding hydrogens is 322 g/mol. The first-order valence-corrected chi connectivity index (χ1v) is 7.63. The number of carbonyl (C=O) groups excluding carboxylic acids is 1. The number of nitro benzene ring substituents is 1. The van der Waals surface area contributed by atoms with Gasteiger partial charge in [0.15, 0.2) is 0 Å². The number of hydrogen-bond donors (Lipinski definition) is 2. The normalized spacial score (nSPS) is 10.7. The molecule has 0 aliphatic rings. The number of hydrogen-bond acceptors (Lipinski definition) is 4. The van der Waals surface area contributed by atoms with Crippen molar-refractivity contribution in [1.82, 2.24) is 4.98 Å². The number of H-pyrrole nitrogens is 1. The van der Waals surface area contributed by atoms with E-state index in [1.165, 1.54) is 25.3 Å². The van der Waals surface area contributed by atoms with Gasteiger partial charge in [-0.1, -0.05) is 11.6 Å². The largest absolute Gasteiger partial charge is 0.494 e. The van der Waals surface area contributed by atoms with Crippen LogP contribution in [-0.4, -0.2) is 22.9 Å². The van der Waals surface area contributed by atoms with Crippen LogP contribution in [0, 0.1) is 24.0 Å². The summed E-state index contributed by atoms with van der Waals surface area (Å²) in [6, 6.07) is 9.97. The molecule has 0 aliphatic heterocycles. The minimum absolute atomic E-state index is 0.105. The maximum Gasteiger partial charge on any atom is 0.273 e. The van der Waals surface area contributed by atoms with Crippen molar-refractivity contribution in [3.05, 3.63) is 63.3 Å². The standard InChI is InChI=1S/C18H17N3O4/c1-10-4-6-14-13(8-10)11(2)17(19-14)18(22)20-15-7-5-12(21(23)24)9-16(15)25-3/h4-9,19H,1-3H3,(H,20,22). The first-order chi connectivity index (χ1) is 11.9. The topological polar surface area (TPSA) is 97.3 Å². The van der Waals surface area contributed by atoms with E-state index in [1.807, 2.05) is 32.0 Å². The molecule has 0 spiro atoms. The molecule has 1 aromatic heterocycles. The lowest BCUT2D eigenvalue weighted by molar-refractivity contribution is -0.384. The van der Waals surface area contributed by atoms with E-state index in [-0.39, 0.29) is 17.3 Å². The van der Waals surface area contributed by atoms with Crippen LogP contribution in [0.15, 0.2) is 36.4 Å². The molecule has 0 unspecified atom stereocenters. The van der Waals surface area contributed by atoms with Crippen LogP contribution >= 0.6 is 0 Å². The zero-order valence-electron chi connectivity index (χ0n) is 14.0. The third kappa shape index (κ3) is 3.03. The van der Waals surface area contributed by atoms with Gasteiger partial charge >= 0.3 is 0 Å². The van der Waals surface area contributed by atoms with Gasteiger partial charge < -0.3 is 15.0 Å². The van der Waals surface area contributed by atoms with Crippen LogP contribution in [0.2, 0.25) is 0 Å². The SMILES string of the molecule is COc1cc([N+](=O)[O-])ccc1NC(=O)c1[nH]c2ccc(C)cc2c1C. The number of aromatic amines is 1. The van der Waals surface area contributed by atoms with E-state index < -0.39 is 4.92 Å². The summed E-state index contributed by atoms with van der Waals surface area (Å²) in [6.45, 7) is 3.87. The van der Waals surface area contributed by atoms with Gasteiger partial charge in [0.2, 0.25) is 0 Å². The molecule has 0 fully saturated rings. The third-order valence-corrected chi connectivity index (χ3v) is 4.08. The minimum Gasteiger partial charge on any atom is -0.494 e. The highest BCUT2D eigenvalue weighted by atomic mass is 16.6. The average Bonchev–Trinajstić information content (AvgIpc) is 2.91. The number of nitrogens with zero attached hydrogens (tertiary/aromatic N) is 1. The summed E-state index contributed by atoms with van der Waals surface area (Å²) in [7, 11) is 1.39. The fourth-order valence-corrected chi connectivity index (χ4v) is 2.75. The molecular formula is C18H17N3O4. The number of non-ortho nitro benzene ring substituents is 1. The Balaban J connectivity index is 1.95. The molecule has 2 N–H and O–H groups in total. The monoisotopic (exact) mass is 339 g/mol. The number of benzene rings is 2. The lowest BCUT2D eigenvalue weighted by Crippen LogP contribution is -2.14. The number of amides is 1. The van der Waals surface area contributed by atoms with Gasteiger partial charge in [0.05, 0.1) is 23.8 Å². The van der Waals surface area contributed by atoms with Crippen molar-refractivity contribution in [1.29, 1.82) is 0 Å². The second kappa shape index (κ2) is 6.27. The van der Waals surface area contributed by atoms with Crippen LogP contribution in [0.1, 0.15) is 21.6 Å². The van der Waals surface area contributed by atoms with E-state index in [4.69, 9.17) is 4.74 Å². The van der Waals surface area contributed by atoms with Gasteiger partial charge in [0.1, 0.15) is 11.4 Å². The van der Waals surface area contributed by atoms with Gasteiger partial charge in [0.25, 0.3) is 11.6 Å². The van der Waals surface area contributed by atoms with Gasteiger partial charge in [-0.3, -0.25) is 14.9 Å². The number of aromatic nitrogens is 1. The zero-order chi connectivity index (χ0) is 18.1. The molecule has 1 heterocycles. The molecule has 2 aromatic carbocycles. The zero-order valence-corrected chi connectivity index (χ0v) is 14.0. The van der Waals surface area contributed by atoms with Crippen molar-refractivity contribution in [3.63, 3.8) is 0 Å². The molecule has 128 valence electrons. The summed E-state index contributed by atoms with van der Waals surface area (Å²) in [6.07, 6.45) is 0. The molecule has 0 saturated carbocycles. The predicted molar refractivity (Wildman–Crippen MR) is 95.4 cm³/mol. The summed E-state index contributed by atoms with van der Waals surface area (Å²) in [5.74, 6) is -0.106. The molecule has 7 nitrogen and oxygen atoms in total. The second-order valence-corrected chi connectivity index (χ2v) is 5.77. The molecule has 0 aliphatic carbocycles. The number of methoxy groups -OCH3 is 1. The van der Waals surface area contributed by atoms with Crippen molar-refractivity contribution in [2.45, 2.75) is 13.8 Å².